The second kappa shape index (κ2) is 12.6. The van der Waals surface area contributed by atoms with Crippen molar-refractivity contribution in [1.82, 2.24) is 4.90 Å². The molecule has 1 aliphatic heterocycles. The molecule has 1 fully saturated rings. The van der Waals surface area contributed by atoms with E-state index in [2.05, 4.69) is 24.3 Å². The van der Waals surface area contributed by atoms with Gasteiger partial charge >= 0.3 is 5.97 Å². The van der Waals surface area contributed by atoms with Crippen molar-refractivity contribution in [1.29, 1.82) is 0 Å². The van der Waals surface area contributed by atoms with E-state index in [4.69, 9.17) is 5.11 Å². The SMILES string of the molecule is O=C(O)c1ccc(CCCN2C(=O)CC[C@@H]2/C=C/[C@@H](O)CCCCCc2ccccc2)s1. The van der Waals surface area contributed by atoms with Crippen molar-refractivity contribution >= 4 is 23.2 Å². The van der Waals surface area contributed by atoms with Gasteiger partial charge in [0, 0.05) is 17.8 Å². The Balaban J connectivity index is 1.35. The minimum absolute atomic E-state index is 0.0492. The standard InChI is InChI=1S/C26H33NO4S/c28-22(11-6-2-5-10-20-8-3-1-4-9-20)15-13-21-14-18-25(29)27(21)19-7-12-23-16-17-24(32-23)26(30)31/h1,3-4,8-9,13,15-17,21-22,28H,2,5-7,10-12,14,18-19H2,(H,30,31)/b15-13+/t21-,22-/m0/s1. The summed E-state index contributed by atoms with van der Waals surface area (Å²) in [6.07, 6.45) is 11.3. The minimum atomic E-state index is -0.893. The van der Waals surface area contributed by atoms with Crippen molar-refractivity contribution < 1.29 is 19.8 Å². The number of rotatable bonds is 13. The van der Waals surface area contributed by atoms with E-state index in [0.29, 0.717) is 17.8 Å². The number of benzene rings is 1. The number of nitrogens with zero attached hydrogens (tertiary/aromatic N) is 1. The van der Waals surface area contributed by atoms with Crippen molar-refractivity contribution in [2.45, 2.75) is 69.9 Å². The molecule has 0 unspecified atom stereocenters. The zero-order valence-electron chi connectivity index (χ0n) is 18.5. The second-order valence-electron chi connectivity index (χ2n) is 8.41. The van der Waals surface area contributed by atoms with E-state index >= 15 is 0 Å². The number of aryl methyl sites for hydroxylation is 2. The summed E-state index contributed by atoms with van der Waals surface area (Å²) in [6, 6.07) is 14.0. The van der Waals surface area contributed by atoms with Crippen LogP contribution in [0.4, 0.5) is 0 Å². The lowest BCUT2D eigenvalue weighted by atomic mass is 10.0. The Bertz CT molecular complexity index is 892. The monoisotopic (exact) mass is 455 g/mol. The molecule has 2 aromatic rings. The van der Waals surface area contributed by atoms with Gasteiger partial charge in [-0.15, -0.1) is 11.3 Å². The minimum Gasteiger partial charge on any atom is -0.477 e. The Morgan fingerprint density at radius 1 is 1.09 bits per heavy atom. The maximum Gasteiger partial charge on any atom is 0.345 e. The summed E-state index contributed by atoms with van der Waals surface area (Å²) in [5.74, 6) is -0.733. The zero-order valence-corrected chi connectivity index (χ0v) is 19.3. The molecule has 2 atom stereocenters. The third-order valence-electron chi connectivity index (χ3n) is 5.93. The van der Waals surface area contributed by atoms with Gasteiger partial charge in [0.2, 0.25) is 5.91 Å². The summed E-state index contributed by atoms with van der Waals surface area (Å²) in [5.41, 5.74) is 1.36. The molecule has 3 rings (SSSR count). The average Bonchev–Trinajstić information content (AvgIpc) is 3.40. The molecule has 32 heavy (non-hydrogen) atoms. The Hall–Kier alpha value is -2.44. The lowest BCUT2D eigenvalue weighted by Crippen LogP contribution is -2.33. The van der Waals surface area contributed by atoms with Gasteiger partial charge in [0.1, 0.15) is 4.88 Å². The van der Waals surface area contributed by atoms with Crippen LogP contribution in [0, 0.1) is 0 Å². The first-order valence-corrected chi connectivity index (χ1v) is 12.4. The van der Waals surface area contributed by atoms with Crippen molar-refractivity contribution in [2.75, 3.05) is 6.54 Å². The van der Waals surface area contributed by atoms with Crippen LogP contribution in [0.1, 0.15) is 65.1 Å². The van der Waals surface area contributed by atoms with E-state index in [-0.39, 0.29) is 11.9 Å². The van der Waals surface area contributed by atoms with Gasteiger partial charge in [0.25, 0.3) is 0 Å². The molecular weight excluding hydrogens is 422 g/mol. The van der Waals surface area contributed by atoms with Crippen molar-refractivity contribution in [3.8, 4) is 0 Å². The van der Waals surface area contributed by atoms with Crippen molar-refractivity contribution in [3.63, 3.8) is 0 Å². The van der Waals surface area contributed by atoms with E-state index in [0.717, 1.165) is 56.2 Å². The number of carbonyl (C=O) groups excluding carboxylic acids is 1. The van der Waals surface area contributed by atoms with Gasteiger partial charge in [0.05, 0.1) is 12.1 Å². The van der Waals surface area contributed by atoms with Crippen LogP contribution in [0.3, 0.4) is 0 Å². The quantitative estimate of drug-likeness (QED) is 0.326. The third-order valence-corrected chi connectivity index (χ3v) is 7.07. The van der Waals surface area contributed by atoms with Crippen LogP contribution in [0.25, 0.3) is 0 Å². The molecule has 6 heteroatoms. The second-order valence-corrected chi connectivity index (χ2v) is 9.57. The molecule has 0 saturated carbocycles. The van der Waals surface area contributed by atoms with Crippen LogP contribution < -0.4 is 0 Å². The third kappa shape index (κ3) is 7.61. The predicted octanol–water partition coefficient (Wildman–Crippen LogP) is 5.09. The maximum absolute atomic E-state index is 12.3. The summed E-state index contributed by atoms with van der Waals surface area (Å²) in [5, 5.41) is 19.3. The van der Waals surface area contributed by atoms with Crippen LogP contribution >= 0.6 is 11.3 Å². The largest absolute Gasteiger partial charge is 0.477 e. The molecule has 1 aromatic carbocycles. The van der Waals surface area contributed by atoms with Gasteiger partial charge in [-0.1, -0.05) is 55.3 Å². The van der Waals surface area contributed by atoms with Gasteiger partial charge in [-0.2, -0.15) is 0 Å². The molecule has 0 aliphatic carbocycles. The number of aliphatic hydroxyl groups is 1. The lowest BCUT2D eigenvalue weighted by molar-refractivity contribution is -0.128. The highest BCUT2D eigenvalue weighted by molar-refractivity contribution is 7.13. The molecular formula is C26H33NO4S. The Morgan fingerprint density at radius 2 is 1.91 bits per heavy atom. The predicted molar refractivity (Wildman–Crippen MR) is 128 cm³/mol. The first-order valence-electron chi connectivity index (χ1n) is 11.5. The fourth-order valence-electron chi connectivity index (χ4n) is 4.15. The van der Waals surface area contributed by atoms with Crippen LogP contribution in [-0.2, 0) is 17.6 Å². The summed E-state index contributed by atoms with van der Waals surface area (Å²) in [7, 11) is 0. The Kier molecular flexibility index (Phi) is 9.50. The number of aliphatic hydroxyl groups excluding tert-OH is 1. The fourth-order valence-corrected chi connectivity index (χ4v) is 5.04. The highest BCUT2D eigenvalue weighted by Gasteiger charge is 2.28. The van der Waals surface area contributed by atoms with Crippen LogP contribution in [0.15, 0.2) is 54.6 Å². The average molecular weight is 456 g/mol. The maximum atomic E-state index is 12.3. The highest BCUT2D eigenvalue weighted by atomic mass is 32.1. The number of thiophene rings is 1. The van der Waals surface area contributed by atoms with Gasteiger partial charge in [-0.25, -0.2) is 4.79 Å². The fraction of sp³-hybridized carbons (Fsp3) is 0.462. The van der Waals surface area contributed by atoms with E-state index in [9.17, 15) is 14.7 Å². The smallest absolute Gasteiger partial charge is 0.345 e. The summed E-state index contributed by atoms with van der Waals surface area (Å²) >= 11 is 1.30. The first-order chi connectivity index (χ1) is 15.5. The molecule has 2 heterocycles. The van der Waals surface area contributed by atoms with Gasteiger partial charge < -0.3 is 15.1 Å². The van der Waals surface area contributed by atoms with Gasteiger partial charge in [0.15, 0.2) is 0 Å². The molecule has 5 nitrogen and oxygen atoms in total. The van der Waals surface area contributed by atoms with E-state index in [1.54, 1.807) is 6.07 Å². The van der Waals surface area contributed by atoms with E-state index in [1.807, 2.05) is 29.2 Å². The first kappa shape index (κ1) is 24.2. The Morgan fingerprint density at radius 3 is 2.66 bits per heavy atom. The number of amides is 1. The topological polar surface area (TPSA) is 77.8 Å². The molecule has 172 valence electrons. The molecule has 0 radical (unpaired) electrons. The zero-order chi connectivity index (χ0) is 22.8. The number of hydrogen-bond acceptors (Lipinski definition) is 4. The van der Waals surface area contributed by atoms with Crippen molar-refractivity contribution in [2.24, 2.45) is 0 Å². The van der Waals surface area contributed by atoms with Gasteiger partial charge in [-0.3, -0.25) is 4.79 Å². The molecule has 1 amide bonds. The molecule has 0 spiro atoms. The molecule has 1 saturated heterocycles. The lowest BCUT2D eigenvalue weighted by Gasteiger charge is -2.22. The van der Waals surface area contributed by atoms with Crippen LogP contribution in [0.5, 0.6) is 0 Å². The highest BCUT2D eigenvalue weighted by Crippen LogP contribution is 2.23. The van der Waals surface area contributed by atoms with Crippen molar-refractivity contribution in [3.05, 3.63) is 69.9 Å². The summed E-state index contributed by atoms with van der Waals surface area (Å²) in [6.45, 7) is 0.656. The van der Waals surface area contributed by atoms with Crippen LogP contribution in [0.2, 0.25) is 0 Å². The molecule has 1 aromatic heterocycles. The number of unbranched alkanes of at least 4 members (excludes halogenated alkanes) is 2. The summed E-state index contributed by atoms with van der Waals surface area (Å²) < 4.78 is 0. The van der Waals surface area contributed by atoms with Gasteiger partial charge in [-0.05, 0) is 56.2 Å². The number of carboxylic acid groups (broad SMARTS) is 1. The number of likely N-dealkylation sites (tertiary alicyclic amines) is 1. The number of aromatic carboxylic acids is 1. The number of carboxylic acids is 1. The van der Waals surface area contributed by atoms with Crippen LogP contribution in [-0.4, -0.2) is 45.7 Å². The summed E-state index contributed by atoms with van der Waals surface area (Å²) in [4.78, 5) is 26.6. The van der Waals surface area contributed by atoms with E-state index in [1.165, 1.54) is 16.9 Å². The normalized spacial score (nSPS) is 17.3. The molecule has 1 aliphatic rings. The molecule has 2 N–H and O–H groups in total. The molecule has 0 bridgehead atoms. The number of hydrogen-bond donors (Lipinski definition) is 2. The Labute approximate surface area is 194 Å². The number of carbonyl (C=O) groups is 2. The van der Waals surface area contributed by atoms with E-state index < -0.39 is 12.1 Å².